The summed E-state index contributed by atoms with van der Waals surface area (Å²) in [7, 11) is 1.29. The van der Waals surface area contributed by atoms with Gasteiger partial charge >= 0.3 is 11.9 Å². The maximum Gasteiger partial charge on any atom is 0.366 e. The maximum absolute atomic E-state index is 13.4. The normalized spacial score (nSPS) is 26.3. The van der Waals surface area contributed by atoms with Crippen molar-refractivity contribution in [2.75, 3.05) is 13.7 Å². The predicted octanol–water partition coefficient (Wildman–Crippen LogP) is 1.85. The zero-order valence-electron chi connectivity index (χ0n) is 10.5. The lowest BCUT2D eigenvalue weighted by Crippen LogP contribution is -2.07. The minimum absolute atomic E-state index is 0.120. The number of halogens is 1. The molecule has 0 saturated heterocycles. The van der Waals surface area contributed by atoms with Crippen molar-refractivity contribution in [1.29, 1.82) is 0 Å². The molecule has 0 spiro atoms. The van der Waals surface area contributed by atoms with E-state index in [9.17, 15) is 14.0 Å². The van der Waals surface area contributed by atoms with Gasteiger partial charge in [-0.2, -0.15) is 4.39 Å². The molecular weight excluding hydrogens is 227 g/mol. The van der Waals surface area contributed by atoms with E-state index in [4.69, 9.17) is 0 Å². The van der Waals surface area contributed by atoms with E-state index in [1.165, 1.54) is 7.11 Å². The summed E-state index contributed by atoms with van der Waals surface area (Å²) < 4.78 is 22.5. The van der Waals surface area contributed by atoms with Gasteiger partial charge in [-0.05, 0) is 24.3 Å². The Morgan fingerprint density at radius 3 is 2.47 bits per heavy atom. The first kappa shape index (κ1) is 13.7. The molecule has 2 atom stereocenters. The molecule has 5 heteroatoms. The largest absolute Gasteiger partial charge is 0.469 e. The minimum atomic E-state index is -0.987. The number of hydrogen-bond acceptors (Lipinski definition) is 4. The van der Waals surface area contributed by atoms with Crippen molar-refractivity contribution < 1.29 is 23.5 Å². The minimum Gasteiger partial charge on any atom is -0.469 e. The van der Waals surface area contributed by atoms with E-state index in [0.717, 1.165) is 6.08 Å². The molecule has 1 fully saturated rings. The summed E-state index contributed by atoms with van der Waals surface area (Å²) in [6.45, 7) is 5.38. The average Bonchev–Trinajstić information content (AvgIpc) is 2.79. The van der Waals surface area contributed by atoms with Crippen LogP contribution in [-0.4, -0.2) is 25.7 Å². The van der Waals surface area contributed by atoms with Crippen LogP contribution < -0.4 is 0 Å². The van der Waals surface area contributed by atoms with Gasteiger partial charge in [0.25, 0.3) is 0 Å². The van der Waals surface area contributed by atoms with Crippen LogP contribution >= 0.6 is 0 Å². The number of methoxy groups -OCH3 is 1. The quantitative estimate of drug-likeness (QED) is 0.559. The number of carbonyl (C=O) groups is 2. The Morgan fingerprint density at radius 1 is 1.41 bits per heavy atom. The molecule has 0 amide bonds. The Labute approximate surface area is 99.8 Å². The third-order valence-corrected chi connectivity index (χ3v) is 3.16. The van der Waals surface area contributed by atoms with Crippen LogP contribution in [0.1, 0.15) is 20.8 Å². The van der Waals surface area contributed by atoms with Crippen LogP contribution in [0.2, 0.25) is 0 Å². The Bertz CT molecular complexity index is 360. The maximum atomic E-state index is 13.4. The Balaban J connectivity index is 2.73. The highest BCUT2D eigenvalue weighted by atomic mass is 19.1. The van der Waals surface area contributed by atoms with Crippen LogP contribution in [0.3, 0.4) is 0 Å². The van der Waals surface area contributed by atoms with Crippen LogP contribution in [0.15, 0.2) is 11.9 Å². The SMILES string of the molecule is CCOC(=O)/C(F)=C\[C@@H]1[C@H](C(=O)OC)C1(C)C. The summed E-state index contributed by atoms with van der Waals surface area (Å²) in [6.07, 6.45) is 1.15. The van der Waals surface area contributed by atoms with E-state index in [2.05, 4.69) is 9.47 Å². The monoisotopic (exact) mass is 244 g/mol. The number of allylic oxidation sites excluding steroid dienone is 1. The first-order valence-corrected chi connectivity index (χ1v) is 5.48. The van der Waals surface area contributed by atoms with E-state index >= 15 is 0 Å². The molecule has 1 rings (SSSR count). The van der Waals surface area contributed by atoms with E-state index in [1.807, 2.05) is 13.8 Å². The Hall–Kier alpha value is -1.39. The van der Waals surface area contributed by atoms with Gasteiger partial charge in [-0.25, -0.2) is 4.79 Å². The van der Waals surface area contributed by atoms with Crippen molar-refractivity contribution in [2.24, 2.45) is 17.3 Å². The highest BCUT2D eigenvalue weighted by Gasteiger charge is 2.61. The molecule has 0 aromatic carbocycles. The fraction of sp³-hybridized carbons (Fsp3) is 0.667. The molecule has 1 saturated carbocycles. The summed E-state index contributed by atoms with van der Waals surface area (Å²) in [5.74, 6) is -3.03. The van der Waals surface area contributed by atoms with Gasteiger partial charge in [0.1, 0.15) is 0 Å². The lowest BCUT2D eigenvalue weighted by molar-refractivity contribution is -0.143. The smallest absolute Gasteiger partial charge is 0.366 e. The molecule has 0 bridgehead atoms. The van der Waals surface area contributed by atoms with Crippen molar-refractivity contribution in [1.82, 2.24) is 0 Å². The standard InChI is InChI=1S/C12H17FO4/c1-5-17-10(14)8(13)6-7-9(11(15)16-4)12(7,2)3/h6-7,9H,5H2,1-4H3/b8-6+/t7-,9-/m1/s1. The molecule has 4 nitrogen and oxygen atoms in total. The van der Waals surface area contributed by atoms with Gasteiger partial charge in [0.05, 0.1) is 19.6 Å². The second-order valence-electron chi connectivity index (χ2n) is 4.58. The van der Waals surface area contributed by atoms with Crippen molar-refractivity contribution in [2.45, 2.75) is 20.8 Å². The molecule has 0 aromatic heterocycles. The lowest BCUT2D eigenvalue weighted by Gasteiger charge is -1.99. The molecule has 0 aliphatic heterocycles. The van der Waals surface area contributed by atoms with Crippen LogP contribution in [0.4, 0.5) is 4.39 Å². The molecule has 0 heterocycles. The molecule has 0 aromatic rings. The highest BCUT2D eigenvalue weighted by molar-refractivity contribution is 5.86. The number of rotatable bonds is 4. The third-order valence-electron chi connectivity index (χ3n) is 3.16. The molecule has 0 radical (unpaired) electrons. The van der Waals surface area contributed by atoms with E-state index in [0.29, 0.717) is 0 Å². The van der Waals surface area contributed by atoms with E-state index in [-0.39, 0.29) is 23.9 Å². The first-order valence-electron chi connectivity index (χ1n) is 5.48. The van der Waals surface area contributed by atoms with Gasteiger partial charge in [0.15, 0.2) is 0 Å². The van der Waals surface area contributed by atoms with Crippen LogP contribution in [-0.2, 0) is 19.1 Å². The van der Waals surface area contributed by atoms with Crippen molar-refractivity contribution in [3.63, 3.8) is 0 Å². The summed E-state index contributed by atoms with van der Waals surface area (Å²) >= 11 is 0. The van der Waals surface area contributed by atoms with E-state index in [1.54, 1.807) is 6.92 Å². The second-order valence-corrected chi connectivity index (χ2v) is 4.58. The van der Waals surface area contributed by atoms with Gasteiger partial charge in [-0.15, -0.1) is 0 Å². The molecule has 0 N–H and O–H groups in total. The first-order chi connectivity index (χ1) is 7.86. The molecule has 1 aliphatic rings. The fourth-order valence-corrected chi connectivity index (χ4v) is 1.99. The summed E-state index contributed by atoms with van der Waals surface area (Å²) in [5.41, 5.74) is -0.378. The van der Waals surface area contributed by atoms with Gasteiger partial charge in [0.2, 0.25) is 5.83 Å². The number of hydrogen-bond donors (Lipinski definition) is 0. The molecule has 1 aliphatic carbocycles. The Kier molecular flexibility index (Phi) is 3.91. The van der Waals surface area contributed by atoms with Gasteiger partial charge in [0, 0.05) is 0 Å². The number of carbonyl (C=O) groups excluding carboxylic acids is 2. The summed E-state index contributed by atoms with van der Waals surface area (Å²) in [4.78, 5) is 22.5. The summed E-state index contributed by atoms with van der Waals surface area (Å²) in [5, 5.41) is 0. The van der Waals surface area contributed by atoms with Crippen molar-refractivity contribution in [3.8, 4) is 0 Å². The van der Waals surface area contributed by atoms with Gasteiger partial charge in [-0.3, -0.25) is 4.79 Å². The van der Waals surface area contributed by atoms with Gasteiger partial charge in [-0.1, -0.05) is 13.8 Å². The van der Waals surface area contributed by atoms with Crippen molar-refractivity contribution in [3.05, 3.63) is 11.9 Å². The molecule has 0 unspecified atom stereocenters. The summed E-state index contributed by atoms with van der Waals surface area (Å²) in [6, 6.07) is 0. The van der Waals surface area contributed by atoms with Crippen LogP contribution in [0.25, 0.3) is 0 Å². The molecular formula is C12H17FO4. The molecule has 96 valence electrons. The zero-order valence-corrected chi connectivity index (χ0v) is 10.5. The lowest BCUT2D eigenvalue weighted by atomic mass is 10.1. The fourth-order valence-electron chi connectivity index (χ4n) is 1.99. The third kappa shape index (κ3) is 2.65. The van der Waals surface area contributed by atoms with Gasteiger partial charge < -0.3 is 9.47 Å². The highest BCUT2D eigenvalue weighted by Crippen LogP contribution is 2.59. The second kappa shape index (κ2) is 4.85. The molecule has 17 heavy (non-hydrogen) atoms. The topological polar surface area (TPSA) is 52.6 Å². The van der Waals surface area contributed by atoms with Crippen LogP contribution in [0.5, 0.6) is 0 Å². The van der Waals surface area contributed by atoms with Crippen molar-refractivity contribution >= 4 is 11.9 Å². The zero-order chi connectivity index (χ0) is 13.2. The van der Waals surface area contributed by atoms with E-state index < -0.39 is 17.7 Å². The van der Waals surface area contributed by atoms with Crippen LogP contribution in [0, 0.1) is 17.3 Å². The number of ether oxygens (including phenoxy) is 2. The average molecular weight is 244 g/mol. The number of esters is 2. The Morgan fingerprint density at radius 2 is 2.00 bits per heavy atom. The predicted molar refractivity (Wildman–Crippen MR) is 58.6 cm³/mol.